The van der Waals surface area contributed by atoms with Crippen molar-refractivity contribution in [1.29, 1.82) is 5.26 Å². The number of morpholine rings is 1. The summed E-state index contributed by atoms with van der Waals surface area (Å²) in [5.74, 6) is 1.39. The number of tetrazole rings is 1. The summed E-state index contributed by atoms with van der Waals surface area (Å²) in [4.78, 5) is 11.8. The molecule has 0 bridgehead atoms. The Morgan fingerprint density at radius 2 is 1.82 bits per heavy atom. The van der Waals surface area contributed by atoms with Crippen LogP contribution in [0.1, 0.15) is 50.6 Å². The van der Waals surface area contributed by atoms with Crippen LogP contribution in [0.15, 0.2) is 43.1 Å². The van der Waals surface area contributed by atoms with E-state index in [0.29, 0.717) is 67.8 Å². The van der Waals surface area contributed by atoms with E-state index >= 15 is 0 Å². The van der Waals surface area contributed by atoms with Gasteiger partial charge in [-0.3, -0.25) is 9.58 Å². The maximum Gasteiger partial charge on any atom is 0.256 e. The van der Waals surface area contributed by atoms with Gasteiger partial charge in [0.05, 0.1) is 57.4 Å². The molecule has 50 heavy (non-hydrogen) atoms. The fourth-order valence-corrected chi connectivity index (χ4v) is 6.29. The number of methoxy groups -OCH3 is 1. The van der Waals surface area contributed by atoms with Crippen LogP contribution in [0.25, 0.3) is 11.1 Å². The lowest BCUT2D eigenvalue weighted by Crippen LogP contribution is -2.45. The van der Waals surface area contributed by atoms with E-state index < -0.39 is 0 Å². The molecule has 16 nitrogen and oxygen atoms in total. The van der Waals surface area contributed by atoms with E-state index in [1.807, 2.05) is 29.9 Å². The first kappa shape index (κ1) is 35.1. The molecule has 0 radical (unpaired) electrons. The van der Waals surface area contributed by atoms with Crippen molar-refractivity contribution < 1.29 is 23.7 Å². The molecule has 2 aliphatic rings. The van der Waals surface area contributed by atoms with Crippen LogP contribution in [0.2, 0.25) is 0 Å². The van der Waals surface area contributed by atoms with Crippen molar-refractivity contribution in [2.24, 2.45) is 0 Å². The van der Waals surface area contributed by atoms with Crippen LogP contribution in [-0.2, 0) is 20.8 Å². The van der Waals surface area contributed by atoms with E-state index in [0.717, 1.165) is 69.5 Å². The van der Waals surface area contributed by atoms with Crippen molar-refractivity contribution in [3.63, 3.8) is 0 Å². The van der Waals surface area contributed by atoms with Crippen molar-refractivity contribution >= 4 is 11.6 Å². The highest BCUT2D eigenvalue weighted by molar-refractivity contribution is 5.67. The monoisotopic (exact) mass is 687 g/mol. The number of nitriles is 1. The minimum Gasteiger partial charge on any atom is -0.487 e. The molecular formula is C34H45N11O5. The van der Waals surface area contributed by atoms with Crippen LogP contribution in [0, 0.1) is 11.3 Å². The molecule has 1 N–H and O–H groups in total. The Hall–Kier alpha value is -4.69. The second-order valence-electron chi connectivity index (χ2n) is 12.4. The zero-order valence-electron chi connectivity index (χ0n) is 28.7. The molecule has 1 saturated carbocycles. The minimum absolute atomic E-state index is 0.274. The lowest BCUT2D eigenvalue weighted by atomic mass is 9.90. The lowest BCUT2D eigenvalue weighted by molar-refractivity contribution is 0.00502. The first-order chi connectivity index (χ1) is 24.6. The van der Waals surface area contributed by atoms with Gasteiger partial charge >= 0.3 is 0 Å². The van der Waals surface area contributed by atoms with E-state index in [-0.39, 0.29) is 12.1 Å². The Morgan fingerprint density at radius 1 is 1.02 bits per heavy atom. The number of hydrogen-bond donors (Lipinski definition) is 1. The zero-order valence-corrected chi connectivity index (χ0v) is 28.7. The van der Waals surface area contributed by atoms with Gasteiger partial charge in [-0.25, -0.2) is 14.6 Å². The number of nitrogens with zero attached hydrogens (tertiary/aromatic N) is 10. The minimum atomic E-state index is -0.274. The predicted octanol–water partition coefficient (Wildman–Crippen LogP) is 3.66. The second-order valence-corrected chi connectivity index (χ2v) is 12.4. The molecule has 4 aromatic rings. The van der Waals surface area contributed by atoms with Crippen molar-refractivity contribution in [2.45, 2.75) is 63.8 Å². The predicted molar refractivity (Wildman–Crippen MR) is 182 cm³/mol. The average molecular weight is 688 g/mol. The van der Waals surface area contributed by atoms with Crippen molar-refractivity contribution in [3.05, 3.63) is 48.7 Å². The summed E-state index contributed by atoms with van der Waals surface area (Å²) in [5, 5.41) is 29.1. The number of ether oxygens (including phenoxy) is 5. The zero-order chi connectivity index (χ0) is 34.5. The van der Waals surface area contributed by atoms with Crippen molar-refractivity contribution in [2.75, 3.05) is 65.2 Å². The summed E-state index contributed by atoms with van der Waals surface area (Å²) in [6.45, 7) is 8.15. The van der Waals surface area contributed by atoms with E-state index in [1.54, 1.807) is 30.3 Å². The number of rotatable bonds is 17. The SMILES string of the molecule is COCCOCCCOc1nn(C2CCC(N3CCOCC3)CC2)cc1Nc1ncc(-c2ccc(C#N)c(O[C@@H](C)Cn3cnnn3)c2)cn1. The highest BCUT2D eigenvalue weighted by Crippen LogP contribution is 2.35. The molecule has 4 heterocycles. The second kappa shape index (κ2) is 17.8. The summed E-state index contributed by atoms with van der Waals surface area (Å²) in [6.07, 6.45) is 11.8. The fraction of sp³-hybridized carbons (Fsp3) is 0.559. The number of nitrogens with one attached hydrogen (secondary N) is 1. The number of benzene rings is 1. The van der Waals surface area contributed by atoms with E-state index in [1.165, 1.54) is 6.33 Å². The highest BCUT2D eigenvalue weighted by Gasteiger charge is 2.29. The van der Waals surface area contributed by atoms with Gasteiger partial charge in [0, 0.05) is 57.2 Å². The van der Waals surface area contributed by atoms with Crippen LogP contribution in [0.5, 0.6) is 11.6 Å². The molecule has 6 rings (SSSR count). The molecule has 0 amide bonds. The van der Waals surface area contributed by atoms with Crippen LogP contribution in [0.3, 0.4) is 0 Å². The van der Waals surface area contributed by atoms with Gasteiger partial charge in [0.25, 0.3) is 5.88 Å². The first-order valence-corrected chi connectivity index (χ1v) is 17.2. The summed E-state index contributed by atoms with van der Waals surface area (Å²) in [7, 11) is 1.66. The van der Waals surface area contributed by atoms with Gasteiger partial charge < -0.3 is 29.0 Å². The smallest absolute Gasteiger partial charge is 0.256 e. The van der Waals surface area contributed by atoms with Crippen molar-refractivity contribution in [1.82, 2.24) is 44.9 Å². The average Bonchev–Trinajstić information content (AvgIpc) is 3.82. The van der Waals surface area contributed by atoms with Gasteiger partial charge in [-0.15, -0.1) is 10.2 Å². The molecule has 1 aliphatic carbocycles. The van der Waals surface area contributed by atoms with Gasteiger partial charge in [-0.1, -0.05) is 6.07 Å². The fourth-order valence-electron chi connectivity index (χ4n) is 6.29. The van der Waals surface area contributed by atoms with Crippen LogP contribution in [0.4, 0.5) is 11.6 Å². The standard InChI is InChI=1S/C34H45N11O5/c1-25(22-44-24-38-41-42-44)50-32-18-26(4-5-27(32)19-35)28-20-36-34(37-21-28)39-31-23-45(40-33(31)49-13-3-12-47-17-16-46-2)30-8-6-29(7-9-30)43-10-14-48-15-11-43/h4-5,18,20-21,23-25,29-30H,3,6-17,22H2,1-2H3,(H,36,37,39)/t25-,29?,30?/m0/s1. The molecule has 0 spiro atoms. The Morgan fingerprint density at radius 3 is 2.56 bits per heavy atom. The molecular weight excluding hydrogens is 642 g/mol. The third kappa shape index (κ3) is 9.51. The molecule has 1 aliphatic heterocycles. The molecule has 16 heteroatoms. The molecule has 3 aromatic heterocycles. The van der Waals surface area contributed by atoms with Crippen LogP contribution in [-0.4, -0.2) is 117 Å². The van der Waals surface area contributed by atoms with Crippen molar-refractivity contribution in [3.8, 4) is 28.8 Å². The quantitative estimate of drug-likeness (QED) is 0.159. The maximum atomic E-state index is 9.68. The van der Waals surface area contributed by atoms with Gasteiger partial charge in [-0.05, 0) is 60.7 Å². The Bertz CT molecular complexity index is 1650. The first-order valence-electron chi connectivity index (χ1n) is 17.2. The van der Waals surface area contributed by atoms with Gasteiger partial charge in [0.1, 0.15) is 29.9 Å². The Kier molecular flexibility index (Phi) is 12.5. The summed E-state index contributed by atoms with van der Waals surface area (Å²) in [5.41, 5.74) is 2.73. The van der Waals surface area contributed by atoms with Crippen LogP contribution >= 0.6 is 0 Å². The Balaban J connectivity index is 1.12. The summed E-state index contributed by atoms with van der Waals surface area (Å²) >= 11 is 0. The van der Waals surface area contributed by atoms with E-state index in [4.69, 9.17) is 28.8 Å². The third-order valence-electron chi connectivity index (χ3n) is 8.90. The number of anilines is 2. The normalized spacial score (nSPS) is 18.7. The van der Waals surface area contributed by atoms with Gasteiger partial charge in [0.15, 0.2) is 0 Å². The summed E-state index contributed by atoms with van der Waals surface area (Å²) < 4.78 is 32.1. The maximum absolute atomic E-state index is 9.68. The number of aromatic nitrogens is 8. The number of hydrogen-bond acceptors (Lipinski definition) is 14. The van der Waals surface area contributed by atoms with E-state index in [9.17, 15) is 5.26 Å². The summed E-state index contributed by atoms with van der Waals surface area (Å²) in [6, 6.07) is 8.49. The molecule has 1 saturated heterocycles. The molecule has 1 aromatic carbocycles. The van der Waals surface area contributed by atoms with Crippen LogP contribution < -0.4 is 14.8 Å². The van der Waals surface area contributed by atoms with Gasteiger partial charge in [0.2, 0.25) is 5.95 Å². The molecule has 2 fully saturated rings. The lowest BCUT2D eigenvalue weighted by Gasteiger charge is -2.38. The topological polar surface area (TPSA) is 172 Å². The molecule has 1 atom stereocenters. The highest BCUT2D eigenvalue weighted by atomic mass is 16.5. The Labute approximate surface area is 291 Å². The third-order valence-corrected chi connectivity index (χ3v) is 8.90. The molecule has 0 unspecified atom stereocenters. The van der Waals surface area contributed by atoms with Gasteiger partial charge in [-0.2, -0.15) is 5.26 Å². The molecule has 266 valence electrons. The largest absolute Gasteiger partial charge is 0.487 e. The van der Waals surface area contributed by atoms with E-state index in [2.05, 4.69) is 41.8 Å².